The second-order valence-corrected chi connectivity index (χ2v) is 4.99. The Morgan fingerprint density at radius 2 is 2.17 bits per heavy atom. The number of rotatable bonds is 4. The number of furan rings is 1. The lowest BCUT2D eigenvalue weighted by Crippen LogP contribution is -2.25. The monoisotopic (exact) mass is 313 g/mol. The molecule has 0 atom stereocenters. The van der Waals surface area contributed by atoms with E-state index in [4.69, 9.17) is 9.15 Å². The molecule has 0 aliphatic heterocycles. The number of aromatic hydroxyl groups is 1. The zero-order valence-corrected chi connectivity index (χ0v) is 12.5. The van der Waals surface area contributed by atoms with Crippen molar-refractivity contribution in [1.82, 2.24) is 4.40 Å². The Balaban J connectivity index is 2.28. The molecule has 0 unspecified atom stereocenters. The van der Waals surface area contributed by atoms with E-state index in [0.717, 1.165) is 5.56 Å². The number of carbonyl (C=O) groups is 1. The quantitative estimate of drug-likeness (QED) is 0.748. The van der Waals surface area contributed by atoms with Crippen LogP contribution in [0.5, 0.6) is 5.75 Å². The van der Waals surface area contributed by atoms with Crippen LogP contribution in [0, 0.1) is 0 Å². The zero-order chi connectivity index (χ0) is 16.4. The number of carbonyl (C=O) groups excluding carboxylic acids is 1. The van der Waals surface area contributed by atoms with Crippen LogP contribution in [0.15, 0.2) is 52.2 Å². The Labute approximate surface area is 131 Å². The fourth-order valence-electron chi connectivity index (χ4n) is 2.52. The average Bonchev–Trinajstić information content (AvgIpc) is 3.05. The minimum absolute atomic E-state index is 0.117. The SMILES string of the molecule is CCOC(=O)c1c(O)c(Cc2ccoc2)c2ccccn2c1=O. The van der Waals surface area contributed by atoms with E-state index in [2.05, 4.69) is 0 Å². The van der Waals surface area contributed by atoms with Gasteiger partial charge in [0.05, 0.1) is 24.6 Å². The van der Waals surface area contributed by atoms with Gasteiger partial charge in [-0.05, 0) is 30.7 Å². The van der Waals surface area contributed by atoms with E-state index in [1.165, 1.54) is 10.7 Å². The summed E-state index contributed by atoms with van der Waals surface area (Å²) < 4.78 is 11.3. The summed E-state index contributed by atoms with van der Waals surface area (Å²) in [4.78, 5) is 24.6. The molecule has 0 aliphatic carbocycles. The van der Waals surface area contributed by atoms with Gasteiger partial charge in [-0.1, -0.05) is 6.07 Å². The lowest BCUT2D eigenvalue weighted by atomic mass is 10.0. The standard InChI is InChI=1S/C17H15NO5/c1-2-23-17(21)14-15(19)12(9-11-6-8-22-10-11)13-5-3-4-7-18(13)16(14)20/h3-8,10,19H,2,9H2,1H3. The molecular formula is C17H15NO5. The van der Waals surface area contributed by atoms with Gasteiger partial charge < -0.3 is 14.3 Å². The van der Waals surface area contributed by atoms with Gasteiger partial charge in [-0.25, -0.2) is 4.79 Å². The molecule has 3 aromatic heterocycles. The molecule has 0 radical (unpaired) electrons. The van der Waals surface area contributed by atoms with Gasteiger partial charge in [-0.2, -0.15) is 0 Å². The minimum Gasteiger partial charge on any atom is -0.506 e. The Morgan fingerprint density at radius 3 is 2.87 bits per heavy atom. The third-order valence-corrected chi connectivity index (χ3v) is 3.56. The third-order valence-electron chi connectivity index (χ3n) is 3.56. The Hall–Kier alpha value is -3.02. The minimum atomic E-state index is -0.832. The van der Waals surface area contributed by atoms with Crippen LogP contribution >= 0.6 is 0 Å². The predicted octanol–water partition coefficient (Wildman–Crippen LogP) is 2.37. The molecule has 23 heavy (non-hydrogen) atoms. The maximum absolute atomic E-state index is 12.5. The molecule has 6 heteroatoms. The van der Waals surface area contributed by atoms with Crippen molar-refractivity contribution in [3.05, 3.63) is 70.0 Å². The van der Waals surface area contributed by atoms with Crippen molar-refractivity contribution in [3.63, 3.8) is 0 Å². The van der Waals surface area contributed by atoms with Crippen molar-refractivity contribution in [3.8, 4) is 5.75 Å². The summed E-state index contributed by atoms with van der Waals surface area (Å²) in [5.41, 5.74) is 0.861. The summed E-state index contributed by atoms with van der Waals surface area (Å²) in [5.74, 6) is -1.18. The summed E-state index contributed by atoms with van der Waals surface area (Å²) in [6.07, 6.45) is 4.95. The van der Waals surface area contributed by atoms with Crippen molar-refractivity contribution in [1.29, 1.82) is 0 Å². The molecule has 3 heterocycles. The van der Waals surface area contributed by atoms with E-state index >= 15 is 0 Å². The van der Waals surface area contributed by atoms with Crippen molar-refractivity contribution in [2.24, 2.45) is 0 Å². The highest BCUT2D eigenvalue weighted by molar-refractivity contribution is 5.93. The van der Waals surface area contributed by atoms with Crippen LogP contribution in [0.4, 0.5) is 0 Å². The van der Waals surface area contributed by atoms with Gasteiger partial charge in [0.25, 0.3) is 5.56 Å². The molecule has 0 amide bonds. The van der Waals surface area contributed by atoms with Gasteiger partial charge in [-0.15, -0.1) is 0 Å². The fraction of sp³-hybridized carbons (Fsp3) is 0.176. The largest absolute Gasteiger partial charge is 0.506 e. The number of hydrogen-bond donors (Lipinski definition) is 1. The van der Waals surface area contributed by atoms with Crippen LogP contribution in [0.2, 0.25) is 0 Å². The second kappa shape index (κ2) is 6.00. The van der Waals surface area contributed by atoms with Crippen LogP contribution in [0.1, 0.15) is 28.4 Å². The number of esters is 1. The third kappa shape index (κ3) is 2.59. The Bertz CT molecular complexity index is 909. The molecule has 0 aliphatic rings. The highest BCUT2D eigenvalue weighted by atomic mass is 16.5. The van der Waals surface area contributed by atoms with Crippen molar-refractivity contribution in [2.45, 2.75) is 13.3 Å². The maximum Gasteiger partial charge on any atom is 0.347 e. The highest BCUT2D eigenvalue weighted by Gasteiger charge is 2.24. The summed E-state index contributed by atoms with van der Waals surface area (Å²) in [7, 11) is 0. The van der Waals surface area contributed by atoms with Crippen LogP contribution in [0.3, 0.4) is 0 Å². The molecule has 1 N–H and O–H groups in total. The fourth-order valence-corrected chi connectivity index (χ4v) is 2.52. The molecule has 3 aromatic rings. The number of pyridine rings is 2. The van der Waals surface area contributed by atoms with Crippen molar-refractivity contribution in [2.75, 3.05) is 6.61 Å². The van der Waals surface area contributed by atoms with Crippen molar-refractivity contribution >= 4 is 11.5 Å². The second-order valence-electron chi connectivity index (χ2n) is 4.99. The van der Waals surface area contributed by atoms with Gasteiger partial charge in [0, 0.05) is 18.2 Å². The smallest absolute Gasteiger partial charge is 0.347 e. The summed E-state index contributed by atoms with van der Waals surface area (Å²) >= 11 is 0. The molecular weight excluding hydrogens is 298 g/mol. The molecule has 0 aromatic carbocycles. The van der Waals surface area contributed by atoms with E-state index in [1.54, 1.807) is 43.6 Å². The van der Waals surface area contributed by atoms with Crippen LogP contribution in [-0.4, -0.2) is 22.1 Å². The van der Waals surface area contributed by atoms with E-state index in [1.807, 2.05) is 0 Å². The van der Waals surface area contributed by atoms with Gasteiger partial charge >= 0.3 is 5.97 Å². The molecule has 0 saturated carbocycles. The average molecular weight is 313 g/mol. The van der Waals surface area contributed by atoms with Gasteiger partial charge in [0.15, 0.2) is 5.56 Å². The normalized spacial score (nSPS) is 10.8. The van der Waals surface area contributed by atoms with Gasteiger partial charge in [0.2, 0.25) is 0 Å². The predicted molar refractivity (Wildman–Crippen MR) is 82.8 cm³/mol. The first-order chi connectivity index (χ1) is 11.1. The molecule has 0 spiro atoms. The Morgan fingerprint density at radius 1 is 1.35 bits per heavy atom. The summed E-state index contributed by atoms with van der Waals surface area (Å²) in [5, 5.41) is 10.5. The van der Waals surface area contributed by atoms with Crippen LogP contribution < -0.4 is 5.56 Å². The lowest BCUT2D eigenvalue weighted by molar-refractivity contribution is 0.0520. The van der Waals surface area contributed by atoms with Crippen LogP contribution in [-0.2, 0) is 11.2 Å². The van der Waals surface area contributed by atoms with Crippen LogP contribution in [0.25, 0.3) is 5.52 Å². The first kappa shape index (κ1) is 14.9. The molecule has 3 rings (SSSR count). The maximum atomic E-state index is 12.5. The van der Waals surface area contributed by atoms with E-state index in [9.17, 15) is 14.7 Å². The summed E-state index contributed by atoms with van der Waals surface area (Å²) in [6, 6.07) is 6.92. The number of hydrogen-bond acceptors (Lipinski definition) is 5. The summed E-state index contributed by atoms with van der Waals surface area (Å²) in [6.45, 7) is 1.76. The van der Waals surface area contributed by atoms with E-state index in [0.29, 0.717) is 17.5 Å². The molecule has 0 bridgehead atoms. The number of fused-ring (bicyclic) bond motifs is 1. The van der Waals surface area contributed by atoms with E-state index < -0.39 is 11.5 Å². The van der Waals surface area contributed by atoms with Gasteiger partial charge in [-0.3, -0.25) is 9.20 Å². The van der Waals surface area contributed by atoms with Gasteiger partial charge in [0.1, 0.15) is 5.75 Å². The molecule has 0 fully saturated rings. The Kier molecular flexibility index (Phi) is 3.89. The zero-order valence-electron chi connectivity index (χ0n) is 12.5. The van der Waals surface area contributed by atoms with E-state index in [-0.39, 0.29) is 17.9 Å². The molecule has 118 valence electrons. The topological polar surface area (TPSA) is 81.2 Å². The first-order valence-electron chi connectivity index (χ1n) is 7.17. The number of ether oxygens (including phenoxy) is 1. The molecule has 6 nitrogen and oxygen atoms in total. The first-order valence-corrected chi connectivity index (χ1v) is 7.17. The lowest BCUT2D eigenvalue weighted by Gasteiger charge is -2.13. The highest BCUT2D eigenvalue weighted by Crippen LogP contribution is 2.27. The van der Waals surface area contributed by atoms with Crippen molar-refractivity contribution < 1.29 is 19.1 Å². The number of aromatic nitrogens is 1. The molecule has 0 saturated heterocycles. The number of nitrogens with zero attached hydrogens (tertiary/aromatic N) is 1.